The molecule has 0 aliphatic heterocycles. The van der Waals surface area contributed by atoms with Gasteiger partial charge in [0.25, 0.3) is 0 Å². The number of carbonyl (C=O) groups is 1. The van der Waals surface area contributed by atoms with Gasteiger partial charge in [0, 0.05) is 36.5 Å². The molecule has 0 bridgehead atoms. The fourth-order valence-corrected chi connectivity index (χ4v) is 1.63. The van der Waals surface area contributed by atoms with Crippen LogP contribution in [0.4, 0.5) is 0 Å². The number of pyridine rings is 1. The van der Waals surface area contributed by atoms with Gasteiger partial charge in [-0.1, -0.05) is 13.8 Å². The second-order valence-electron chi connectivity index (χ2n) is 4.27. The Bertz CT molecular complexity index is 447. The average Bonchev–Trinajstić information content (AvgIpc) is 2.14. The van der Waals surface area contributed by atoms with Gasteiger partial charge < -0.3 is 10.3 Å². The maximum Gasteiger partial charge on any atom is 0.217 e. The molecule has 1 heterocycles. The summed E-state index contributed by atoms with van der Waals surface area (Å²) < 4.78 is 0. The lowest BCUT2D eigenvalue weighted by atomic mass is 10.0. The lowest BCUT2D eigenvalue weighted by molar-refractivity contribution is -0.119. The van der Waals surface area contributed by atoms with Gasteiger partial charge in [0.2, 0.25) is 5.91 Å². The first kappa shape index (κ1) is 12.5. The van der Waals surface area contributed by atoms with Crippen molar-refractivity contribution >= 4 is 5.91 Å². The van der Waals surface area contributed by atoms with Gasteiger partial charge >= 0.3 is 0 Å². The van der Waals surface area contributed by atoms with E-state index in [1.807, 2.05) is 20.8 Å². The normalized spacial score (nSPS) is 10.6. The number of nitrogens with one attached hydrogen (secondary N) is 2. The van der Waals surface area contributed by atoms with Crippen molar-refractivity contribution in [3.63, 3.8) is 0 Å². The summed E-state index contributed by atoms with van der Waals surface area (Å²) in [5.41, 5.74) is 2.38. The lowest BCUT2D eigenvalue weighted by Crippen LogP contribution is -2.26. The standard InChI is InChI=1S/C12H18N2O2/c1-7(2)12-10(6-13-9(4)15)11(16)5-8(3)14-12/h5,7H,6H2,1-4H3,(H,13,15)(H,14,16). The zero-order valence-electron chi connectivity index (χ0n) is 10.2. The molecule has 0 atom stereocenters. The molecule has 0 saturated heterocycles. The molecule has 0 aliphatic carbocycles. The van der Waals surface area contributed by atoms with Crippen molar-refractivity contribution in [3.8, 4) is 0 Å². The smallest absolute Gasteiger partial charge is 0.217 e. The van der Waals surface area contributed by atoms with Gasteiger partial charge in [0.15, 0.2) is 5.43 Å². The molecule has 0 spiro atoms. The maximum absolute atomic E-state index is 11.8. The van der Waals surface area contributed by atoms with E-state index in [-0.39, 0.29) is 17.3 Å². The summed E-state index contributed by atoms with van der Waals surface area (Å²) in [5.74, 6) is 0.103. The number of aromatic amines is 1. The molecule has 0 unspecified atom stereocenters. The van der Waals surface area contributed by atoms with Gasteiger partial charge in [-0.2, -0.15) is 0 Å². The molecule has 1 aromatic rings. The van der Waals surface area contributed by atoms with Crippen LogP contribution in [-0.2, 0) is 11.3 Å². The van der Waals surface area contributed by atoms with Gasteiger partial charge in [-0.25, -0.2) is 0 Å². The minimum Gasteiger partial charge on any atom is -0.362 e. The zero-order chi connectivity index (χ0) is 12.3. The first-order valence-electron chi connectivity index (χ1n) is 5.39. The topological polar surface area (TPSA) is 62.0 Å². The molecule has 0 aromatic carbocycles. The first-order chi connectivity index (χ1) is 7.41. The average molecular weight is 222 g/mol. The molecule has 0 fully saturated rings. The molecule has 4 heteroatoms. The Balaban J connectivity index is 3.14. The summed E-state index contributed by atoms with van der Waals surface area (Å²) >= 11 is 0. The van der Waals surface area contributed by atoms with Gasteiger partial charge in [0.1, 0.15) is 0 Å². The van der Waals surface area contributed by atoms with E-state index in [4.69, 9.17) is 0 Å². The Hall–Kier alpha value is -1.58. The summed E-state index contributed by atoms with van der Waals surface area (Å²) in [6.45, 7) is 7.62. The van der Waals surface area contributed by atoms with E-state index in [9.17, 15) is 9.59 Å². The quantitative estimate of drug-likeness (QED) is 0.813. The van der Waals surface area contributed by atoms with E-state index in [1.54, 1.807) is 6.07 Å². The van der Waals surface area contributed by atoms with Gasteiger partial charge in [0.05, 0.1) is 0 Å². The van der Waals surface area contributed by atoms with E-state index < -0.39 is 0 Å². The predicted molar refractivity (Wildman–Crippen MR) is 63.4 cm³/mol. The van der Waals surface area contributed by atoms with Crippen LogP contribution < -0.4 is 10.7 Å². The van der Waals surface area contributed by atoms with Gasteiger partial charge in [-0.05, 0) is 12.8 Å². The van der Waals surface area contributed by atoms with Crippen LogP contribution in [0.2, 0.25) is 0 Å². The molecular weight excluding hydrogens is 204 g/mol. The Morgan fingerprint density at radius 3 is 2.62 bits per heavy atom. The van der Waals surface area contributed by atoms with Gasteiger partial charge in [-0.3, -0.25) is 9.59 Å². The number of hydrogen-bond acceptors (Lipinski definition) is 2. The minimum atomic E-state index is -0.130. The van der Waals surface area contributed by atoms with Crippen LogP contribution in [0, 0.1) is 6.92 Å². The number of aromatic nitrogens is 1. The van der Waals surface area contributed by atoms with E-state index >= 15 is 0 Å². The van der Waals surface area contributed by atoms with E-state index in [1.165, 1.54) is 6.92 Å². The second kappa shape index (κ2) is 4.96. The van der Waals surface area contributed by atoms with Crippen molar-refractivity contribution in [2.45, 2.75) is 40.2 Å². The van der Waals surface area contributed by atoms with Crippen molar-refractivity contribution < 1.29 is 4.79 Å². The van der Waals surface area contributed by atoms with E-state index in [2.05, 4.69) is 10.3 Å². The number of aryl methyl sites for hydroxylation is 1. The fraction of sp³-hybridized carbons (Fsp3) is 0.500. The highest BCUT2D eigenvalue weighted by atomic mass is 16.1. The fourth-order valence-electron chi connectivity index (χ4n) is 1.63. The van der Waals surface area contributed by atoms with Crippen LogP contribution in [0.15, 0.2) is 10.9 Å². The van der Waals surface area contributed by atoms with Crippen molar-refractivity contribution in [1.82, 2.24) is 10.3 Å². The molecule has 0 radical (unpaired) electrons. The number of rotatable bonds is 3. The van der Waals surface area contributed by atoms with E-state index in [0.717, 1.165) is 11.4 Å². The minimum absolute atomic E-state index is 0.0197. The molecule has 1 rings (SSSR count). The van der Waals surface area contributed by atoms with Crippen LogP contribution in [0.5, 0.6) is 0 Å². The highest BCUT2D eigenvalue weighted by molar-refractivity contribution is 5.72. The number of H-pyrrole nitrogens is 1. The molecule has 1 aromatic heterocycles. The van der Waals surface area contributed by atoms with Crippen molar-refractivity contribution in [2.75, 3.05) is 0 Å². The summed E-state index contributed by atoms with van der Waals surface area (Å²) in [4.78, 5) is 25.8. The summed E-state index contributed by atoms with van der Waals surface area (Å²) in [6.07, 6.45) is 0. The predicted octanol–water partition coefficient (Wildman–Crippen LogP) is 1.44. The zero-order valence-corrected chi connectivity index (χ0v) is 10.2. The van der Waals surface area contributed by atoms with Crippen LogP contribution in [0.1, 0.15) is 43.6 Å². The molecule has 0 aliphatic rings. The second-order valence-corrected chi connectivity index (χ2v) is 4.27. The number of hydrogen-bond donors (Lipinski definition) is 2. The Kier molecular flexibility index (Phi) is 3.88. The molecule has 16 heavy (non-hydrogen) atoms. The lowest BCUT2D eigenvalue weighted by Gasteiger charge is -2.13. The molecule has 2 N–H and O–H groups in total. The van der Waals surface area contributed by atoms with Crippen LogP contribution in [0.25, 0.3) is 0 Å². The number of amides is 1. The first-order valence-corrected chi connectivity index (χ1v) is 5.39. The molecule has 1 amide bonds. The highest BCUT2D eigenvalue weighted by Crippen LogP contribution is 2.14. The SMILES string of the molecule is CC(=O)NCc1c(C(C)C)[nH]c(C)cc1=O. The Morgan fingerprint density at radius 2 is 2.12 bits per heavy atom. The van der Waals surface area contributed by atoms with Crippen LogP contribution in [-0.4, -0.2) is 10.9 Å². The monoisotopic (exact) mass is 222 g/mol. The molecule has 88 valence electrons. The molecule has 4 nitrogen and oxygen atoms in total. The molecule has 0 saturated carbocycles. The van der Waals surface area contributed by atoms with Crippen molar-refractivity contribution in [1.29, 1.82) is 0 Å². The largest absolute Gasteiger partial charge is 0.362 e. The summed E-state index contributed by atoms with van der Waals surface area (Å²) in [5, 5.41) is 2.66. The third-order valence-corrected chi connectivity index (χ3v) is 2.39. The molecular formula is C12H18N2O2. The Labute approximate surface area is 95.1 Å². The highest BCUT2D eigenvalue weighted by Gasteiger charge is 2.11. The van der Waals surface area contributed by atoms with Crippen LogP contribution in [0.3, 0.4) is 0 Å². The maximum atomic E-state index is 11.8. The van der Waals surface area contributed by atoms with Crippen molar-refractivity contribution in [2.24, 2.45) is 0 Å². The van der Waals surface area contributed by atoms with Gasteiger partial charge in [-0.15, -0.1) is 0 Å². The third-order valence-electron chi connectivity index (χ3n) is 2.39. The Morgan fingerprint density at radius 1 is 1.50 bits per heavy atom. The van der Waals surface area contributed by atoms with E-state index in [0.29, 0.717) is 12.1 Å². The number of carbonyl (C=O) groups excluding carboxylic acids is 1. The third kappa shape index (κ3) is 2.95. The van der Waals surface area contributed by atoms with Crippen molar-refractivity contribution in [3.05, 3.63) is 33.2 Å². The summed E-state index contributed by atoms with van der Waals surface area (Å²) in [6, 6.07) is 1.56. The summed E-state index contributed by atoms with van der Waals surface area (Å²) in [7, 11) is 0. The van der Waals surface area contributed by atoms with Crippen LogP contribution >= 0.6 is 0 Å².